The SMILES string of the molecule is CC1(C)c2cc(N(c3ccc(-c4ccccc4)cc3)c3ccc4c(ccc5ccccc54)c3)ccc2-c2cc3ccccc3cc21. The van der Waals surface area contributed by atoms with Crippen molar-refractivity contribution in [2.45, 2.75) is 19.3 Å². The number of rotatable bonds is 4. The molecule has 0 radical (unpaired) electrons. The molecule has 0 heterocycles. The van der Waals surface area contributed by atoms with Crippen molar-refractivity contribution in [2.24, 2.45) is 0 Å². The van der Waals surface area contributed by atoms with Crippen molar-refractivity contribution in [3.05, 3.63) is 175 Å². The van der Waals surface area contributed by atoms with E-state index in [9.17, 15) is 0 Å². The van der Waals surface area contributed by atoms with E-state index in [0.717, 1.165) is 17.1 Å². The van der Waals surface area contributed by atoms with E-state index in [1.54, 1.807) is 0 Å². The fourth-order valence-electron chi connectivity index (χ4n) is 7.57. The van der Waals surface area contributed by atoms with Crippen LogP contribution >= 0.6 is 0 Å². The minimum atomic E-state index is -0.115. The van der Waals surface area contributed by atoms with Crippen LogP contribution in [-0.4, -0.2) is 0 Å². The molecule has 0 saturated carbocycles. The van der Waals surface area contributed by atoms with E-state index >= 15 is 0 Å². The average molecular weight is 588 g/mol. The van der Waals surface area contributed by atoms with Crippen LogP contribution in [0.25, 0.3) is 54.6 Å². The maximum Gasteiger partial charge on any atom is 0.0468 e. The second-order valence-electron chi connectivity index (χ2n) is 13.0. The highest BCUT2D eigenvalue weighted by Gasteiger charge is 2.36. The zero-order valence-corrected chi connectivity index (χ0v) is 26.0. The van der Waals surface area contributed by atoms with Crippen LogP contribution in [0.4, 0.5) is 17.1 Å². The Kier molecular flexibility index (Phi) is 5.92. The lowest BCUT2D eigenvalue weighted by Crippen LogP contribution is -2.16. The minimum absolute atomic E-state index is 0.115. The number of anilines is 3. The summed E-state index contributed by atoms with van der Waals surface area (Å²) >= 11 is 0. The van der Waals surface area contributed by atoms with Crippen LogP contribution in [0.15, 0.2) is 164 Å². The molecule has 218 valence electrons. The molecule has 0 bridgehead atoms. The van der Waals surface area contributed by atoms with E-state index in [2.05, 4.69) is 183 Å². The maximum atomic E-state index is 2.43. The van der Waals surface area contributed by atoms with E-state index < -0.39 is 0 Å². The van der Waals surface area contributed by atoms with E-state index in [1.807, 2.05) is 0 Å². The topological polar surface area (TPSA) is 3.24 Å². The Balaban J connectivity index is 1.22. The average Bonchev–Trinajstić information content (AvgIpc) is 3.32. The van der Waals surface area contributed by atoms with E-state index in [1.165, 1.54) is 65.7 Å². The molecule has 0 fully saturated rings. The molecule has 46 heavy (non-hydrogen) atoms. The van der Waals surface area contributed by atoms with Gasteiger partial charge in [0, 0.05) is 22.5 Å². The highest BCUT2D eigenvalue weighted by molar-refractivity contribution is 6.08. The Bertz CT molecular complexity index is 2430. The molecule has 8 aromatic carbocycles. The lowest BCUT2D eigenvalue weighted by atomic mass is 9.81. The van der Waals surface area contributed by atoms with Gasteiger partial charge in [-0.1, -0.05) is 129 Å². The maximum absolute atomic E-state index is 2.43. The lowest BCUT2D eigenvalue weighted by Gasteiger charge is -2.28. The molecule has 9 rings (SSSR count). The molecule has 0 aromatic heterocycles. The first kappa shape index (κ1) is 26.7. The summed E-state index contributed by atoms with van der Waals surface area (Å²) in [6.45, 7) is 4.74. The summed E-state index contributed by atoms with van der Waals surface area (Å²) in [5.41, 5.74) is 11.2. The van der Waals surface area contributed by atoms with Gasteiger partial charge in [0.15, 0.2) is 0 Å². The van der Waals surface area contributed by atoms with Gasteiger partial charge >= 0.3 is 0 Å². The van der Waals surface area contributed by atoms with Crippen LogP contribution < -0.4 is 4.90 Å². The fraction of sp³-hybridized carbons (Fsp3) is 0.0667. The normalized spacial score (nSPS) is 13.2. The third-order valence-corrected chi connectivity index (χ3v) is 10.0. The second-order valence-corrected chi connectivity index (χ2v) is 13.0. The van der Waals surface area contributed by atoms with Gasteiger partial charge in [-0.2, -0.15) is 0 Å². The zero-order chi connectivity index (χ0) is 30.8. The van der Waals surface area contributed by atoms with Crippen molar-refractivity contribution in [2.75, 3.05) is 4.90 Å². The number of fused-ring (bicyclic) bond motifs is 7. The first-order chi connectivity index (χ1) is 22.5. The Hall–Kier alpha value is -5.66. The molecule has 0 N–H and O–H groups in total. The molecule has 0 atom stereocenters. The van der Waals surface area contributed by atoms with Crippen LogP contribution in [0.5, 0.6) is 0 Å². The molecule has 1 heteroatoms. The van der Waals surface area contributed by atoms with Gasteiger partial charge in [-0.15, -0.1) is 0 Å². The summed E-state index contributed by atoms with van der Waals surface area (Å²) in [4.78, 5) is 2.42. The number of benzene rings is 8. The smallest absolute Gasteiger partial charge is 0.0468 e. The van der Waals surface area contributed by atoms with Crippen LogP contribution in [0.2, 0.25) is 0 Å². The molecule has 8 aromatic rings. The van der Waals surface area contributed by atoms with Crippen LogP contribution in [0.1, 0.15) is 25.0 Å². The van der Waals surface area contributed by atoms with Gasteiger partial charge in [-0.25, -0.2) is 0 Å². The molecule has 0 spiro atoms. The molecule has 0 amide bonds. The Morgan fingerprint density at radius 3 is 1.74 bits per heavy atom. The molecule has 0 aliphatic heterocycles. The predicted molar refractivity (Wildman–Crippen MR) is 197 cm³/mol. The first-order valence-corrected chi connectivity index (χ1v) is 16.1. The largest absolute Gasteiger partial charge is 0.310 e. The van der Waals surface area contributed by atoms with E-state index in [0.29, 0.717) is 0 Å². The first-order valence-electron chi connectivity index (χ1n) is 16.1. The van der Waals surface area contributed by atoms with Crippen LogP contribution in [0, 0.1) is 0 Å². The van der Waals surface area contributed by atoms with Gasteiger partial charge < -0.3 is 4.90 Å². The molecular formula is C45H33N. The number of hydrogen-bond donors (Lipinski definition) is 0. The second kappa shape index (κ2) is 10.2. The number of nitrogens with zero attached hydrogens (tertiary/aromatic N) is 1. The molecular weight excluding hydrogens is 555 g/mol. The van der Waals surface area contributed by atoms with Crippen molar-refractivity contribution >= 4 is 49.4 Å². The van der Waals surface area contributed by atoms with E-state index in [4.69, 9.17) is 0 Å². The molecule has 0 unspecified atom stereocenters. The van der Waals surface area contributed by atoms with Crippen LogP contribution in [0.3, 0.4) is 0 Å². The van der Waals surface area contributed by atoms with E-state index in [-0.39, 0.29) is 5.41 Å². The number of hydrogen-bond acceptors (Lipinski definition) is 1. The summed E-state index contributed by atoms with van der Waals surface area (Å²) in [6.07, 6.45) is 0. The molecule has 1 aliphatic rings. The Labute approximate surface area is 270 Å². The van der Waals surface area contributed by atoms with Crippen molar-refractivity contribution in [1.82, 2.24) is 0 Å². The van der Waals surface area contributed by atoms with Gasteiger partial charge in [0.05, 0.1) is 0 Å². The minimum Gasteiger partial charge on any atom is -0.310 e. The third-order valence-electron chi connectivity index (χ3n) is 10.0. The third kappa shape index (κ3) is 4.16. The summed E-state index contributed by atoms with van der Waals surface area (Å²) in [5.74, 6) is 0. The highest BCUT2D eigenvalue weighted by atomic mass is 15.1. The van der Waals surface area contributed by atoms with Gasteiger partial charge in [0.2, 0.25) is 0 Å². The quantitative estimate of drug-likeness (QED) is 0.185. The van der Waals surface area contributed by atoms with Crippen molar-refractivity contribution in [3.63, 3.8) is 0 Å². The standard InChI is InChI=1S/C45H33N/c1-45(2)43-28-34-14-7-6-13-33(34)27-42(43)41-25-23-38(29-44(41)45)46(36-20-18-31(19-21-36)30-10-4-3-5-11-30)37-22-24-40-35(26-37)17-16-32-12-8-9-15-39(32)40/h3-29H,1-2H3. The van der Waals surface area contributed by atoms with Crippen molar-refractivity contribution < 1.29 is 0 Å². The summed E-state index contributed by atoms with van der Waals surface area (Å²) < 4.78 is 0. The Morgan fingerprint density at radius 1 is 0.370 bits per heavy atom. The van der Waals surface area contributed by atoms with Crippen LogP contribution in [-0.2, 0) is 5.41 Å². The fourth-order valence-corrected chi connectivity index (χ4v) is 7.57. The van der Waals surface area contributed by atoms with Gasteiger partial charge in [-0.3, -0.25) is 0 Å². The molecule has 1 nitrogen and oxygen atoms in total. The highest BCUT2D eigenvalue weighted by Crippen LogP contribution is 2.52. The summed E-state index contributed by atoms with van der Waals surface area (Å²) in [7, 11) is 0. The molecule has 1 aliphatic carbocycles. The monoisotopic (exact) mass is 587 g/mol. The van der Waals surface area contributed by atoms with Gasteiger partial charge in [0.1, 0.15) is 0 Å². The zero-order valence-electron chi connectivity index (χ0n) is 26.0. The van der Waals surface area contributed by atoms with Crippen molar-refractivity contribution in [3.8, 4) is 22.3 Å². The lowest BCUT2D eigenvalue weighted by molar-refractivity contribution is 0.661. The molecule has 0 saturated heterocycles. The summed E-state index contributed by atoms with van der Waals surface area (Å²) in [5, 5.41) is 7.66. The predicted octanol–water partition coefficient (Wildman–Crippen LogP) is 12.6. The van der Waals surface area contributed by atoms with Gasteiger partial charge in [-0.05, 0) is 114 Å². The summed E-state index contributed by atoms with van der Waals surface area (Å²) in [6, 6.07) is 60.2. The van der Waals surface area contributed by atoms with Gasteiger partial charge in [0.25, 0.3) is 0 Å². The van der Waals surface area contributed by atoms with Crippen molar-refractivity contribution in [1.29, 1.82) is 0 Å². The Morgan fingerprint density at radius 2 is 0.935 bits per heavy atom.